The van der Waals surface area contributed by atoms with Crippen LogP contribution in [0.15, 0.2) is 0 Å². The summed E-state index contributed by atoms with van der Waals surface area (Å²) < 4.78 is 42.9. The molecule has 1 rings (SSSR count). The van der Waals surface area contributed by atoms with Gasteiger partial charge in [0.25, 0.3) is 0 Å². The van der Waals surface area contributed by atoms with E-state index in [9.17, 15) is 13.2 Å². The van der Waals surface area contributed by atoms with Crippen LogP contribution >= 0.6 is 0 Å². The lowest BCUT2D eigenvalue weighted by molar-refractivity contribution is -0.149. The Kier molecular flexibility index (Phi) is 6.38. The number of rotatable bonds is 7. The predicted octanol–water partition coefficient (Wildman–Crippen LogP) is 2.03. The molecule has 0 radical (unpaired) electrons. The molecule has 1 heterocycles. The second kappa shape index (κ2) is 7.31. The lowest BCUT2D eigenvalue weighted by atomic mass is 10.2. The van der Waals surface area contributed by atoms with Gasteiger partial charge in [0, 0.05) is 13.1 Å². The van der Waals surface area contributed by atoms with Gasteiger partial charge in [0.05, 0.1) is 18.8 Å². The van der Waals surface area contributed by atoms with E-state index in [1.165, 1.54) is 4.90 Å². The van der Waals surface area contributed by atoms with Crippen LogP contribution in [-0.2, 0) is 4.74 Å². The molecule has 0 bridgehead atoms. The maximum absolute atomic E-state index is 12.4. The highest BCUT2D eigenvalue weighted by atomic mass is 19.4. The molecule has 0 saturated carbocycles. The average molecular weight is 268 g/mol. The van der Waals surface area contributed by atoms with Crippen LogP contribution in [-0.4, -0.2) is 56.5 Å². The molecule has 6 heteroatoms. The normalized spacial score (nSPS) is 25.0. The van der Waals surface area contributed by atoms with Crippen molar-refractivity contribution >= 4 is 0 Å². The Balaban J connectivity index is 2.37. The second-order valence-electron chi connectivity index (χ2n) is 4.87. The Morgan fingerprint density at radius 2 is 1.94 bits per heavy atom. The van der Waals surface area contributed by atoms with Gasteiger partial charge < -0.3 is 10.1 Å². The topological polar surface area (TPSA) is 24.5 Å². The first-order valence-corrected chi connectivity index (χ1v) is 6.53. The van der Waals surface area contributed by atoms with Crippen molar-refractivity contribution in [2.45, 2.75) is 44.6 Å². The minimum atomic E-state index is -4.13. The minimum Gasteiger partial charge on any atom is -0.372 e. The van der Waals surface area contributed by atoms with Crippen LogP contribution in [0.3, 0.4) is 0 Å². The van der Waals surface area contributed by atoms with Crippen LogP contribution in [0.4, 0.5) is 13.2 Å². The van der Waals surface area contributed by atoms with Gasteiger partial charge >= 0.3 is 6.18 Å². The van der Waals surface area contributed by atoms with Crippen molar-refractivity contribution in [3.05, 3.63) is 0 Å². The molecule has 1 fully saturated rings. The Labute approximate surface area is 107 Å². The van der Waals surface area contributed by atoms with Crippen LogP contribution in [0, 0.1) is 0 Å². The van der Waals surface area contributed by atoms with E-state index in [0.717, 1.165) is 25.8 Å². The molecule has 1 saturated heterocycles. The number of likely N-dealkylation sites (N-methyl/N-ethyl adjacent to an activating group) is 1. The number of hydrogen-bond acceptors (Lipinski definition) is 3. The van der Waals surface area contributed by atoms with Gasteiger partial charge in [-0.05, 0) is 32.9 Å². The molecule has 0 aromatic heterocycles. The fourth-order valence-electron chi connectivity index (χ4n) is 2.38. The Morgan fingerprint density at radius 3 is 2.50 bits per heavy atom. The summed E-state index contributed by atoms with van der Waals surface area (Å²) in [5, 5.41) is 3.03. The monoisotopic (exact) mass is 268 g/mol. The molecule has 1 aliphatic rings. The maximum atomic E-state index is 12.4. The Hall–Kier alpha value is -0.330. The van der Waals surface area contributed by atoms with Gasteiger partial charge in [0.1, 0.15) is 0 Å². The Morgan fingerprint density at radius 1 is 1.28 bits per heavy atom. The van der Waals surface area contributed by atoms with E-state index in [2.05, 4.69) is 5.32 Å². The molecule has 0 spiro atoms. The summed E-state index contributed by atoms with van der Waals surface area (Å²) in [5.74, 6) is 0. The van der Waals surface area contributed by atoms with Crippen molar-refractivity contribution in [1.29, 1.82) is 0 Å². The molecule has 0 amide bonds. The van der Waals surface area contributed by atoms with E-state index < -0.39 is 12.7 Å². The van der Waals surface area contributed by atoms with Crippen LogP contribution in [0.25, 0.3) is 0 Å². The average Bonchev–Trinajstić information content (AvgIpc) is 2.64. The molecule has 3 nitrogen and oxygen atoms in total. The standard InChI is InChI=1S/C12H23F3N2O/c1-3-6-17(9-12(13,14)15)8-11-5-4-10(18-11)7-16-2/h10-11,16H,3-9H2,1-2H3. The molecular weight excluding hydrogens is 245 g/mol. The van der Waals surface area contributed by atoms with E-state index in [-0.39, 0.29) is 12.2 Å². The highest BCUT2D eigenvalue weighted by Crippen LogP contribution is 2.22. The third-order valence-corrected chi connectivity index (χ3v) is 3.03. The van der Waals surface area contributed by atoms with Gasteiger partial charge in [0.15, 0.2) is 0 Å². The second-order valence-corrected chi connectivity index (χ2v) is 4.87. The molecule has 1 aliphatic heterocycles. The molecule has 2 unspecified atom stereocenters. The van der Waals surface area contributed by atoms with E-state index in [1.807, 2.05) is 14.0 Å². The largest absolute Gasteiger partial charge is 0.401 e. The Bertz CT molecular complexity index is 236. The van der Waals surface area contributed by atoms with Crippen molar-refractivity contribution in [2.24, 2.45) is 0 Å². The molecule has 0 aromatic rings. The summed E-state index contributed by atoms with van der Waals surface area (Å²) in [5.41, 5.74) is 0. The van der Waals surface area contributed by atoms with E-state index >= 15 is 0 Å². The zero-order valence-electron chi connectivity index (χ0n) is 11.1. The molecule has 0 aromatic carbocycles. The SMILES string of the molecule is CCCN(CC1CCC(CNC)O1)CC(F)(F)F. The zero-order valence-corrected chi connectivity index (χ0v) is 11.1. The number of nitrogens with zero attached hydrogens (tertiary/aromatic N) is 1. The van der Waals surface area contributed by atoms with Gasteiger partial charge in [0.2, 0.25) is 0 Å². The van der Waals surface area contributed by atoms with Crippen LogP contribution in [0.5, 0.6) is 0 Å². The number of nitrogens with one attached hydrogen (secondary N) is 1. The van der Waals surface area contributed by atoms with E-state index in [0.29, 0.717) is 13.1 Å². The lowest BCUT2D eigenvalue weighted by Crippen LogP contribution is -2.40. The van der Waals surface area contributed by atoms with Crippen molar-refractivity contribution < 1.29 is 17.9 Å². The van der Waals surface area contributed by atoms with Crippen LogP contribution < -0.4 is 5.32 Å². The fourth-order valence-corrected chi connectivity index (χ4v) is 2.38. The van der Waals surface area contributed by atoms with Gasteiger partial charge in [-0.25, -0.2) is 0 Å². The predicted molar refractivity (Wildman–Crippen MR) is 64.6 cm³/mol. The highest BCUT2D eigenvalue weighted by Gasteiger charge is 2.33. The van der Waals surface area contributed by atoms with Gasteiger partial charge in [-0.15, -0.1) is 0 Å². The van der Waals surface area contributed by atoms with Gasteiger partial charge in [-0.1, -0.05) is 6.92 Å². The van der Waals surface area contributed by atoms with Crippen LogP contribution in [0.1, 0.15) is 26.2 Å². The maximum Gasteiger partial charge on any atom is 0.401 e. The lowest BCUT2D eigenvalue weighted by Gasteiger charge is -2.26. The molecule has 2 atom stereocenters. The first-order valence-electron chi connectivity index (χ1n) is 6.53. The van der Waals surface area contributed by atoms with Crippen molar-refractivity contribution in [3.8, 4) is 0 Å². The summed E-state index contributed by atoms with van der Waals surface area (Å²) >= 11 is 0. The summed E-state index contributed by atoms with van der Waals surface area (Å²) in [4.78, 5) is 1.45. The first-order chi connectivity index (χ1) is 8.44. The summed E-state index contributed by atoms with van der Waals surface area (Å²) in [7, 11) is 1.85. The molecule has 1 N–H and O–H groups in total. The summed E-state index contributed by atoms with van der Waals surface area (Å²) in [6.07, 6.45) is -1.53. The third-order valence-electron chi connectivity index (χ3n) is 3.03. The summed E-state index contributed by atoms with van der Waals surface area (Å²) in [6.45, 7) is 2.67. The first kappa shape index (κ1) is 15.7. The fraction of sp³-hybridized carbons (Fsp3) is 1.00. The summed E-state index contributed by atoms with van der Waals surface area (Å²) in [6, 6.07) is 0. The smallest absolute Gasteiger partial charge is 0.372 e. The molecule has 108 valence electrons. The van der Waals surface area contributed by atoms with Crippen molar-refractivity contribution in [1.82, 2.24) is 10.2 Å². The van der Waals surface area contributed by atoms with Crippen molar-refractivity contribution in [2.75, 3.05) is 33.2 Å². The zero-order chi connectivity index (χ0) is 13.6. The van der Waals surface area contributed by atoms with Gasteiger partial charge in [-0.3, -0.25) is 4.90 Å². The highest BCUT2D eigenvalue weighted by molar-refractivity contribution is 4.78. The van der Waals surface area contributed by atoms with Gasteiger partial charge in [-0.2, -0.15) is 13.2 Å². The van der Waals surface area contributed by atoms with Crippen LogP contribution in [0.2, 0.25) is 0 Å². The number of alkyl halides is 3. The third kappa shape index (κ3) is 6.02. The quantitative estimate of drug-likeness (QED) is 0.764. The number of hydrogen-bond donors (Lipinski definition) is 1. The molecule has 18 heavy (non-hydrogen) atoms. The number of halogens is 3. The molecule has 0 aliphatic carbocycles. The minimum absolute atomic E-state index is 0.0581. The van der Waals surface area contributed by atoms with E-state index in [1.54, 1.807) is 0 Å². The van der Waals surface area contributed by atoms with E-state index in [4.69, 9.17) is 4.74 Å². The molecular formula is C12H23F3N2O. The number of ether oxygens (including phenoxy) is 1. The van der Waals surface area contributed by atoms with Crippen molar-refractivity contribution in [3.63, 3.8) is 0 Å².